The van der Waals surface area contributed by atoms with E-state index in [4.69, 9.17) is 10.5 Å². The third kappa shape index (κ3) is 3.84. The van der Waals surface area contributed by atoms with Gasteiger partial charge in [-0.25, -0.2) is 9.97 Å². The molecule has 0 aliphatic heterocycles. The first kappa shape index (κ1) is 14.6. The molecule has 116 valence electrons. The first-order valence-electron chi connectivity index (χ1n) is 8.23. The van der Waals surface area contributed by atoms with Gasteiger partial charge < -0.3 is 15.8 Å². The molecule has 2 fully saturated rings. The van der Waals surface area contributed by atoms with Gasteiger partial charge in [-0.15, -0.1) is 0 Å². The third-order valence-corrected chi connectivity index (χ3v) is 4.44. The smallest absolute Gasteiger partial charge is 0.136 e. The highest BCUT2D eigenvalue weighted by Crippen LogP contribution is 2.39. The summed E-state index contributed by atoms with van der Waals surface area (Å²) in [5.74, 6) is 2.89. The van der Waals surface area contributed by atoms with Gasteiger partial charge in [0.2, 0.25) is 0 Å². The second kappa shape index (κ2) is 6.60. The Morgan fingerprint density at radius 1 is 1.14 bits per heavy atom. The Bertz CT molecular complexity index is 481. The quantitative estimate of drug-likeness (QED) is 0.788. The van der Waals surface area contributed by atoms with E-state index in [0.29, 0.717) is 17.8 Å². The SMILES string of the molecule is Cc1c(N)nc(C2CC2)nc1NCCOC1CCCCC1. The first-order valence-corrected chi connectivity index (χ1v) is 8.23. The van der Waals surface area contributed by atoms with E-state index in [1.807, 2.05) is 6.92 Å². The van der Waals surface area contributed by atoms with E-state index in [1.54, 1.807) is 0 Å². The number of nitrogens with two attached hydrogens (primary N) is 1. The molecule has 2 aliphatic carbocycles. The standard InChI is InChI=1S/C16H26N4O/c1-11-14(17)19-16(12-7-8-12)20-15(11)18-9-10-21-13-5-3-2-4-6-13/h12-13H,2-10H2,1H3,(H3,17,18,19,20). The summed E-state index contributed by atoms with van der Waals surface area (Å²) in [7, 11) is 0. The van der Waals surface area contributed by atoms with Crippen molar-refractivity contribution in [3.05, 3.63) is 11.4 Å². The summed E-state index contributed by atoms with van der Waals surface area (Å²) in [5, 5.41) is 3.36. The lowest BCUT2D eigenvalue weighted by atomic mass is 9.98. The molecule has 5 nitrogen and oxygen atoms in total. The molecule has 1 aromatic heterocycles. The van der Waals surface area contributed by atoms with Gasteiger partial charge in [0, 0.05) is 18.0 Å². The molecule has 5 heteroatoms. The van der Waals surface area contributed by atoms with Crippen molar-refractivity contribution in [1.82, 2.24) is 9.97 Å². The summed E-state index contributed by atoms with van der Waals surface area (Å²) < 4.78 is 5.93. The molecule has 0 unspecified atom stereocenters. The summed E-state index contributed by atoms with van der Waals surface area (Å²) in [6.07, 6.45) is 9.24. The summed E-state index contributed by atoms with van der Waals surface area (Å²) in [4.78, 5) is 9.01. The molecule has 0 bridgehead atoms. The van der Waals surface area contributed by atoms with Crippen molar-refractivity contribution in [2.75, 3.05) is 24.2 Å². The Morgan fingerprint density at radius 2 is 1.90 bits per heavy atom. The fourth-order valence-electron chi connectivity index (χ4n) is 2.88. The van der Waals surface area contributed by atoms with E-state index in [2.05, 4.69) is 15.3 Å². The van der Waals surface area contributed by atoms with Crippen molar-refractivity contribution in [1.29, 1.82) is 0 Å². The Morgan fingerprint density at radius 3 is 2.62 bits per heavy atom. The molecule has 0 radical (unpaired) electrons. The molecule has 0 amide bonds. The Hall–Kier alpha value is -1.36. The van der Waals surface area contributed by atoms with Crippen molar-refractivity contribution >= 4 is 11.6 Å². The van der Waals surface area contributed by atoms with Gasteiger partial charge in [0.25, 0.3) is 0 Å². The van der Waals surface area contributed by atoms with Gasteiger partial charge in [-0.05, 0) is 32.6 Å². The molecular formula is C16H26N4O. The highest BCUT2D eigenvalue weighted by atomic mass is 16.5. The van der Waals surface area contributed by atoms with Crippen molar-refractivity contribution in [3.8, 4) is 0 Å². The fraction of sp³-hybridized carbons (Fsp3) is 0.750. The lowest BCUT2D eigenvalue weighted by Crippen LogP contribution is -2.21. The number of rotatable bonds is 6. The number of nitrogens with zero attached hydrogens (tertiary/aromatic N) is 2. The average molecular weight is 290 g/mol. The van der Waals surface area contributed by atoms with Crippen LogP contribution >= 0.6 is 0 Å². The van der Waals surface area contributed by atoms with Crippen molar-refractivity contribution < 1.29 is 4.74 Å². The van der Waals surface area contributed by atoms with E-state index < -0.39 is 0 Å². The molecule has 0 aromatic carbocycles. The second-order valence-corrected chi connectivity index (χ2v) is 6.27. The zero-order valence-corrected chi connectivity index (χ0v) is 12.9. The number of nitrogen functional groups attached to an aromatic ring is 1. The van der Waals surface area contributed by atoms with Gasteiger partial charge in [0.05, 0.1) is 12.7 Å². The lowest BCUT2D eigenvalue weighted by molar-refractivity contribution is 0.0347. The topological polar surface area (TPSA) is 73.1 Å². The van der Waals surface area contributed by atoms with Crippen LogP contribution in [0, 0.1) is 6.92 Å². The van der Waals surface area contributed by atoms with Crippen molar-refractivity contribution in [3.63, 3.8) is 0 Å². The molecule has 2 aliphatic rings. The zero-order valence-electron chi connectivity index (χ0n) is 12.9. The summed E-state index contributed by atoms with van der Waals surface area (Å²) in [6.45, 7) is 3.47. The Balaban J connectivity index is 1.50. The zero-order chi connectivity index (χ0) is 14.7. The van der Waals surface area contributed by atoms with E-state index in [9.17, 15) is 0 Å². The van der Waals surface area contributed by atoms with Crippen LogP contribution in [-0.4, -0.2) is 29.2 Å². The average Bonchev–Trinajstić information content (AvgIpc) is 3.33. The fourth-order valence-corrected chi connectivity index (χ4v) is 2.88. The van der Waals surface area contributed by atoms with Gasteiger partial charge >= 0.3 is 0 Å². The van der Waals surface area contributed by atoms with Gasteiger partial charge in [-0.2, -0.15) is 0 Å². The van der Waals surface area contributed by atoms with Crippen molar-refractivity contribution in [2.24, 2.45) is 0 Å². The summed E-state index contributed by atoms with van der Waals surface area (Å²) >= 11 is 0. The van der Waals surface area contributed by atoms with Gasteiger partial charge in [-0.1, -0.05) is 19.3 Å². The molecule has 3 rings (SSSR count). The maximum atomic E-state index is 5.99. The molecule has 0 spiro atoms. The van der Waals surface area contributed by atoms with E-state index in [-0.39, 0.29) is 0 Å². The molecular weight excluding hydrogens is 264 g/mol. The molecule has 0 atom stereocenters. The van der Waals surface area contributed by atoms with E-state index in [0.717, 1.165) is 30.4 Å². The number of hydrogen-bond acceptors (Lipinski definition) is 5. The second-order valence-electron chi connectivity index (χ2n) is 6.27. The van der Waals surface area contributed by atoms with Crippen LogP contribution in [-0.2, 0) is 4.74 Å². The first-order chi connectivity index (χ1) is 10.2. The van der Waals surface area contributed by atoms with Gasteiger partial charge in [0.1, 0.15) is 17.5 Å². The highest BCUT2D eigenvalue weighted by Gasteiger charge is 2.27. The number of ether oxygens (including phenoxy) is 1. The largest absolute Gasteiger partial charge is 0.383 e. The van der Waals surface area contributed by atoms with Crippen LogP contribution in [0.5, 0.6) is 0 Å². The van der Waals surface area contributed by atoms with Crippen LogP contribution in [0.25, 0.3) is 0 Å². The Kier molecular flexibility index (Phi) is 4.58. The number of aromatic nitrogens is 2. The molecule has 1 aromatic rings. The molecule has 2 saturated carbocycles. The summed E-state index contributed by atoms with van der Waals surface area (Å²) in [5.41, 5.74) is 6.93. The van der Waals surface area contributed by atoms with Crippen LogP contribution in [0.1, 0.15) is 62.3 Å². The molecule has 1 heterocycles. The van der Waals surface area contributed by atoms with Gasteiger partial charge in [0.15, 0.2) is 0 Å². The van der Waals surface area contributed by atoms with E-state index in [1.165, 1.54) is 44.9 Å². The Labute approximate surface area is 126 Å². The maximum absolute atomic E-state index is 5.99. The minimum absolute atomic E-state index is 0.458. The predicted molar refractivity (Wildman–Crippen MR) is 84.5 cm³/mol. The number of nitrogens with one attached hydrogen (secondary N) is 1. The molecule has 3 N–H and O–H groups in total. The monoisotopic (exact) mass is 290 g/mol. The maximum Gasteiger partial charge on any atom is 0.136 e. The van der Waals surface area contributed by atoms with Gasteiger partial charge in [-0.3, -0.25) is 0 Å². The van der Waals surface area contributed by atoms with Crippen LogP contribution < -0.4 is 11.1 Å². The highest BCUT2D eigenvalue weighted by molar-refractivity contribution is 5.55. The molecule has 0 saturated heterocycles. The summed E-state index contributed by atoms with van der Waals surface area (Å²) in [6, 6.07) is 0. The normalized spacial score (nSPS) is 19.7. The minimum Gasteiger partial charge on any atom is -0.383 e. The third-order valence-electron chi connectivity index (χ3n) is 4.44. The number of anilines is 2. The predicted octanol–water partition coefficient (Wildman–Crippen LogP) is 3.01. The van der Waals surface area contributed by atoms with Crippen LogP contribution in [0.3, 0.4) is 0 Å². The van der Waals surface area contributed by atoms with Crippen molar-refractivity contribution in [2.45, 2.75) is 63.9 Å². The van der Waals surface area contributed by atoms with E-state index >= 15 is 0 Å². The van der Waals surface area contributed by atoms with Crippen LogP contribution in [0.2, 0.25) is 0 Å². The molecule has 21 heavy (non-hydrogen) atoms. The van der Waals surface area contributed by atoms with Crippen LogP contribution in [0.15, 0.2) is 0 Å². The van der Waals surface area contributed by atoms with Crippen LogP contribution in [0.4, 0.5) is 11.6 Å². The number of hydrogen-bond donors (Lipinski definition) is 2. The lowest BCUT2D eigenvalue weighted by Gasteiger charge is -2.22. The minimum atomic E-state index is 0.458.